The summed E-state index contributed by atoms with van der Waals surface area (Å²) in [4.78, 5) is 11.9. The summed E-state index contributed by atoms with van der Waals surface area (Å²) < 4.78 is 5.20. The Morgan fingerprint density at radius 3 is 2.65 bits per heavy atom. The molecule has 0 saturated heterocycles. The van der Waals surface area contributed by atoms with Crippen LogP contribution in [0, 0.1) is 0 Å². The SMILES string of the molecule is CCOc1nc(Cl)nc(NC(CO)c2ccccc2)n1. The van der Waals surface area contributed by atoms with Crippen LogP contribution >= 0.6 is 11.6 Å². The lowest BCUT2D eigenvalue weighted by atomic mass is 10.1. The Morgan fingerprint density at radius 2 is 2.00 bits per heavy atom. The van der Waals surface area contributed by atoms with E-state index in [1.807, 2.05) is 37.3 Å². The van der Waals surface area contributed by atoms with Crippen LogP contribution in [0.15, 0.2) is 30.3 Å². The molecule has 7 heteroatoms. The Hall–Kier alpha value is -1.92. The van der Waals surface area contributed by atoms with Gasteiger partial charge in [0.1, 0.15) is 0 Å². The van der Waals surface area contributed by atoms with Gasteiger partial charge in [0.25, 0.3) is 0 Å². The van der Waals surface area contributed by atoms with Crippen molar-refractivity contribution < 1.29 is 9.84 Å². The Balaban J connectivity index is 2.19. The molecule has 0 aliphatic heterocycles. The number of hydrogen-bond donors (Lipinski definition) is 2. The number of aromatic nitrogens is 3. The van der Waals surface area contributed by atoms with E-state index in [2.05, 4.69) is 20.3 Å². The molecule has 2 rings (SSSR count). The summed E-state index contributed by atoms with van der Waals surface area (Å²) in [5.74, 6) is 0.261. The van der Waals surface area contributed by atoms with Gasteiger partial charge in [-0.25, -0.2) is 0 Å². The predicted octanol–water partition coefficient (Wildman–Crippen LogP) is 2.07. The second kappa shape index (κ2) is 7.02. The Morgan fingerprint density at radius 1 is 1.25 bits per heavy atom. The van der Waals surface area contributed by atoms with Gasteiger partial charge >= 0.3 is 6.01 Å². The summed E-state index contributed by atoms with van der Waals surface area (Å²) in [6, 6.07) is 9.33. The summed E-state index contributed by atoms with van der Waals surface area (Å²) in [6.45, 7) is 2.16. The maximum Gasteiger partial charge on any atom is 0.322 e. The molecule has 2 aromatic rings. The molecule has 1 aromatic heterocycles. The number of aliphatic hydroxyl groups is 1. The third-order valence-electron chi connectivity index (χ3n) is 2.55. The normalized spacial score (nSPS) is 11.9. The van der Waals surface area contributed by atoms with Crippen LogP contribution < -0.4 is 10.1 Å². The van der Waals surface area contributed by atoms with Crippen molar-refractivity contribution in [3.63, 3.8) is 0 Å². The van der Waals surface area contributed by atoms with Crippen molar-refractivity contribution >= 4 is 17.5 Å². The molecule has 0 aliphatic carbocycles. The molecule has 0 aliphatic rings. The van der Waals surface area contributed by atoms with Gasteiger partial charge in [-0.3, -0.25) is 0 Å². The molecular weight excluding hydrogens is 280 g/mol. The van der Waals surface area contributed by atoms with Crippen LogP contribution in [-0.4, -0.2) is 33.3 Å². The average Bonchev–Trinajstić information content (AvgIpc) is 2.45. The van der Waals surface area contributed by atoms with Crippen LogP contribution in [0.1, 0.15) is 18.5 Å². The molecule has 6 nitrogen and oxygen atoms in total. The van der Waals surface area contributed by atoms with Crippen LogP contribution in [0.4, 0.5) is 5.95 Å². The first-order valence-electron chi connectivity index (χ1n) is 6.19. The van der Waals surface area contributed by atoms with Crippen molar-refractivity contribution in [2.45, 2.75) is 13.0 Å². The van der Waals surface area contributed by atoms with E-state index in [4.69, 9.17) is 16.3 Å². The van der Waals surface area contributed by atoms with Gasteiger partial charge in [0, 0.05) is 0 Å². The number of anilines is 1. The maximum absolute atomic E-state index is 9.48. The molecular formula is C13H15ClN4O2. The highest BCUT2D eigenvalue weighted by Gasteiger charge is 2.13. The first-order valence-corrected chi connectivity index (χ1v) is 6.57. The second-order valence-corrected chi connectivity index (χ2v) is 4.27. The molecule has 0 radical (unpaired) electrons. The molecule has 0 bridgehead atoms. The van der Waals surface area contributed by atoms with E-state index in [1.165, 1.54) is 0 Å². The fourth-order valence-corrected chi connectivity index (χ4v) is 1.82. The van der Waals surface area contributed by atoms with Gasteiger partial charge in [-0.15, -0.1) is 0 Å². The number of rotatable bonds is 6. The van der Waals surface area contributed by atoms with Gasteiger partial charge in [0.05, 0.1) is 19.3 Å². The van der Waals surface area contributed by atoms with Crippen molar-refractivity contribution in [3.05, 3.63) is 41.2 Å². The number of nitrogens with one attached hydrogen (secondary N) is 1. The largest absolute Gasteiger partial charge is 0.464 e. The van der Waals surface area contributed by atoms with Crippen LogP contribution in [0.25, 0.3) is 0 Å². The van der Waals surface area contributed by atoms with E-state index in [0.29, 0.717) is 6.61 Å². The second-order valence-electron chi connectivity index (χ2n) is 3.93. The smallest absolute Gasteiger partial charge is 0.322 e. The number of nitrogens with zero attached hydrogens (tertiary/aromatic N) is 3. The van der Waals surface area contributed by atoms with Crippen molar-refractivity contribution in [3.8, 4) is 6.01 Å². The fraction of sp³-hybridized carbons (Fsp3) is 0.308. The molecule has 0 amide bonds. The zero-order valence-corrected chi connectivity index (χ0v) is 11.7. The molecule has 1 atom stereocenters. The Labute approximate surface area is 121 Å². The summed E-state index contributed by atoms with van der Waals surface area (Å²) in [5.41, 5.74) is 0.921. The van der Waals surface area contributed by atoms with Gasteiger partial charge in [0.15, 0.2) is 0 Å². The fourth-order valence-electron chi connectivity index (χ4n) is 1.67. The van der Waals surface area contributed by atoms with Crippen molar-refractivity contribution in [1.82, 2.24) is 15.0 Å². The van der Waals surface area contributed by atoms with Crippen LogP contribution in [0.3, 0.4) is 0 Å². The van der Waals surface area contributed by atoms with E-state index in [1.54, 1.807) is 0 Å². The molecule has 1 aromatic carbocycles. The number of halogens is 1. The monoisotopic (exact) mass is 294 g/mol. The highest BCUT2D eigenvalue weighted by atomic mass is 35.5. The zero-order valence-electron chi connectivity index (χ0n) is 11.0. The minimum Gasteiger partial charge on any atom is -0.464 e. The maximum atomic E-state index is 9.48. The molecule has 1 unspecified atom stereocenters. The first-order chi connectivity index (χ1) is 9.72. The first kappa shape index (κ1) is 14.5. The molecule has 0 spiro atoms. The van der Waals surface area contributed by atoms with E-state index in [-0.39, 0.29) is 29.9 Å². The van der Waals surface area contributed by atoms with E-state index >= 15 is 0 Å². The van der Waals surface area contributed by atoms with Crippen LogP contribution in [0.2, 0.25) is 5.28 Å². The predicted molar refractivity (Wildman–Crippen MR) is 75.9 cm³/mol. The minimum atomic E-state index is -0.329. The zero-order chi connectivity index (χ0) is 14.4. The van der Waals surface area contributed by atoms with E-state index in [9.17, 15) is 5.11 Å². The topological polar surface area (TPSA) is 80.2 Å². The van der Waals surface area contributed by atoms with E-state index in [0.717, 1.165) is 5.56 Å². The molecule has 0 fully saturated rings. The van der Waals surface area contributed by atoms with Gasteiger partial charge < -0.3 is 15.2 Å². The number of aliphatic hydroxyl groups excluding tert-OH is 1. The molecule has 2 N–H and O–H groups in total. The minimum absolute atomic E-state index is 0.0377. The summed E-state index contributed by atoms with van der Waals surface area (Å²) in [5, 5.41) is 12.5. The highest BCUT2D eigenvalue weighted by Crippen LogP contribution is 2.18. The lowest BCUT2D eigenvalue weighted by molar-refractivity contribution is 0.275. The van der Waals surface area contributed by atoms with Crippen LogP contribution in [-0.2, 0) is 0 Å². The van der Waals surface area contributed by atoms with Gasteiger partial charge in [-0.05, 0) is 24.1 Å². The van der Waals surface area contributed by atoms with Gasteiger partial charge in [0.2, 0.25) is 11.2 Å². The van der Waals surface area contributed by atoms with Crippen molar-refractivity contribution in [2.24, 2.45) is 0 Å². The summed E-state index contributed by atoms with van der Waals surface area (Å²) >= 11 is 5.81. The third kappa shape index (κ3) is 3.79. The van der Waals surface area contributed by atoms with Crippen LogP contribution in [0.5, 0.6) is 6.01 Å². The number of benzene rings is 1. The Kier molecular flexibility index (Phi) is 5.09. The lowest BCUT2D eigenvalue weighted by Crippen LogP contribution is -2.17. The highest BCUT2D eigenvalue weighted by molar-refractivity contribution is 6.28. The average molecular weight is 295 g/mol. The lowest BCUT2D eigenvalue weighted by Gasteiger charge is -2.16. The third-order valence-corrected chi connectivity index (χ3v) is 2.72. The van der Waals surface area contributed by atoms with E-state index < -0.39 is 0 Å². The van der Waals surface area contributed by atoms with Gasteiger partial charge in [-0.1, -0.05) is 30.3 Å². The number of ether oxygens (including phenoxy) is 1. The standard InChI is InChI=1S/C13H15ClN4O2/c1-2-20-13-17-11(14)16-12(18-13)15-10(8-19)9-6-4-3-5-7-9/h3-7,10,19H,2,8H2,1H3,(H,15,16,17,18). The van der Waals surface area contributed by atoms with Crippen molar-refractivity contribution in [1.29, 1.82) is 0 Å². The number of hydrogen-bond acceptors (Lipinski definition) is 6. The molecule has 1 heterocycles. The Bertz CT molecular complexity index is 553. The molecule has 0 saturated carbocycles. The quantitative estimate of drug-likeness (QED) is 0.849. The summed E-state index contributed by atoms with van der Waals surface area (Å²) in [7, 11) is 0. The molecule has 20 heavy (non-hydrogen) atoms. The van der Waals surface area contributed by atoms with Crippen molar-refractivity contribution in [2.75, 3.05) is 18.5 Å². The summed E-state index contributed by atoms with van der Waals surface area (Å²) in [6.07, 6.45) is 0. The molecule has 106 valence electrons. The van der Waals surface area contributed by atoms with Gasteiger partial charge in [-0.2, -0.15) is 15.0 Å².